The maximum absolute atomic E-state index is 14.2. The first-order chi connectivity index (χ1) is 16.5. The van der Waals surface area contributed by atoms with Gasteiger partial charge in [0.15, 0.2) is 11.6 Å². The number of hydrogen-bond acceptors (Lipinski definition) is 5. The van der Waals surface area contributed by atoms with Gasteiger partial charge in [0.1, 0.15) is 17.1 Å². The Hall–Kier alpha value is -3.21. The molecular weight excluding hydrogens is 440 g/mol. The van der Waals surface area contributed by atoms with Gasteiger partial charge in [-0.2, -0.15) is 0 Å². The van der Waals surface area contributed by atoms with E-state index in [-0.39, 0.29) is 42.1 Å². The van der Waals surface area contributed by atoms with Gasteiger partial charge >= 0.3 is 5.97 Å². The zero-order chi connectivity index (χ0) is 25.9. The lowest BCUT2D eigenvalue weighted by Crippen LogP contribution is -2.45. The van der Waals surface area contributed by atoms with Crippen molar-refractivity contribution in [1.29, 1.82) is 0 Å². The van der Waals surface area contributed by atoms with Crippen molar-refractivity contribution in [1.82, 2.24) is 0 Å². The fourth-order valence-corrected chi connectivity index (χ4v) is 4.69. The molecule has 0 fully saturated rings. The quantitative estimate of drug-likeness (QED) is 0.257. The summed E-state index contributed by atoms with van der Waals surface area (Å²) in [5.41, 5.74) is 1.76. The number of aliphatic hydroxyl groups excluding tert-OH is 1. The summed E-state index contributed by atoms with van der Waals surface area (Å²) in [7, 11) is 0. The predicted molar refractivity (Wildman–Crippen MR) is 137 cm³/mol. The number of ether oxygens (including phenoxy) is 1. The van der Waals surface area contributed by atoms with E-state index in [9.17, 15) is 19.5 Å². The first-order valence-electron chi connectivity index (χ1n) is 12.3. The van der Waals surface area contributed by atoms with Gasteiger partial charge in [0.25, 0.3) is 0 Å². The molecule has 0 amide bonds. The second-order valence-corrected chi connectivity index (χ2v) is 10.2. The smallest absolute Gasteiger partial charge is 0.311 e. The zero-order valence-corrected chi connectivity index (χ0v) is 21.6. The molecular formula is C30H36O5. The van der Waals surface area contributed by atoms with Crippen molar-refractivity contribution in [3.05, 3.63) is 81.9 Å². The van der Waals surface area contributed by atoms with Crippen LogP contribution in [0, 0.1) is 11.3 Å². The molecule has 1 heterocycles. The fraction of sp³-hybridized carbons (Fsp3) is 0.433. The van der Waals surface area contributed by atoms with Crippen molar-refractivity contribution in [2.45, 2.75) is 73.1 Å². The number of rotatable bonds is 8. The number of aliphatic hydroxyl groups is 1. The van der Waals surface area contributed by atoms with Crippen molar-refractivity contribution in [2.75, 3.05) is 0 Å². The average molecular weight is 477 g/mol. The maximum atomic E-state index is 14.2. The van der Waals surface area contributed by atoms with Gasteiger partial charge in [-0.25, -0.2) is 0 Å². The van der Waals surface area contributed by atoms with E-state index in [1.54, 1.807) is 6.92 Å². The molecule has 2 unspecified atom stereocenters. The number of carbonyl (C=O) groups is 3. The highest BCUT2D eigenvalue weighted by molar-refractivity contribution is 6.25. The molecule has 35 heavy (non-hydrogen) atoms. The average Bonchev–Trinajstić information content (AvgIpc) is 2.82. The minimum Gasteiger partial charge on any atom is -0.507 e. The van der Waals surface area contributed by atoms with Crippen molar-refractivity contribution >= 4 is 17.5 Å². The Labute approximate surface area is 208 Å². The molecule has 0 saturated heterocycles. The Morgan fingerprint density at radius 3 is 2.17 bits per heavy atom. The van der Waals surface area contributed by atoms with Crippen LogP contribution in [-0.4, -0.2) is 22.6 Å². The highest BCUT2D eigenvalue weighted by Gasteiger charge is 2.55. The van der Waals surface area contributed by atoms with Gasteiger partial charge in [-0.1, -0.05) is 67.5 Å². The van der Waals surface area contributed by atoms with Crippen LogP contribution in [-0.2, 0) is 19.1 Å². The van der Waals surface area contributed by atoms with E-state index in [4.69, 9.17) is 4.74 Å². The molecule has 0 spiro atoms. The SMILES string of the molecule is CCC(C)C(=O)C1=C(O)C2=C(OC(=O)CC2c2ccccc2)C(CC=C(C)C)(CC=C(C)C)C1=O. The first-order valence-corrected chi connectivity index (χ1v) is 12.3. The molecule has 3 rings (SSSR count). The Balaban J connectivity index is 2.40. The summed E-state index contributed by atoms with van der Waals surface area (Å²) in [6, 6.07) is 9.40. The van der Waals surface area contributed by atoms with E-state index in [1.165, 1.54) is 0 Å². The zero-order valence-electron chi connectivity index (χ0n) is 21.6. The van der Waals surface area contributed by atoms with E-state index in [2.05, 4.69) is 0 Å². The molecule has 1 aliphatic carbocycles. The summed E-state index contributed by atoms with van der Waals surface area (Å²) in [6.07, 6.45) is 4.96. The monoisotopic (exact) mass is 476 g/mol. The van der Waals surface area contributed by atoms with E-state index >= 15 is 0 Å². The molecule has 0 saturated carbocycles. The van der Waals surface area contributed by atoms with Gasteiger partial charge in [0, 0.05) is 17.4 Å². The largest absolute Gasteiger partial charge is 0.507 e. The number of allylic oxidation sites excluding steroid dienone is 7. The van der Waals surface area contributed by atoms with Gasteiger partial charge in [-0.3, -0.25) is 14.4 Å². The minimum absolute atomic E-state index is 0.0211. The minimum atomic E-state index is -1.29. The molecule has 0 aromatic heterocycles. The standard InChI is InChI=1S/C30H36O5/c1-7-20(6)26(32)25-27(33)24-22(21-11-9-8-10-12-21)17-23(31)35-29(24)30(28(25)34,15-13-18(2)3)16-14-19(4)5/h8-14,20,22,33H,7,15-17H2,1-6H3. The van der Waals surface area contributed by atoms with Gasteiger partial charge < -0.3 is 9.84 Å². The van der Waals surface area contributed by atoms with Crippen LogP contribution in [0.2, 0.25) is 0 Å². The molecule has 5 nitrogen and oxygen atoms in total. The van der Waals surface area contributed by atoms with Gasteiger partial charge in [0.2, 0.25) is 0 Å². The highest BCUT2D eigenvalue weighted by atomic mass is 16.5. The van der Waals surface area contributed by atoms with Crippen LogP contribution in [0.1, 0.15) is 78.7 Å². The predicted octanol–water partition coefficient (Wildman–Crippen LogP) is 6.68. The van der Waals surface area contributed by atoms with Crippen LogP contribution >= 0.6 is 0 Å². The highest BCUT2D eigenvalue weighted by Crippen LogP contribution is 2.53. The molecule has 2 atom stereocenters. The number of hydrogen-bond donors (Lipinski definition) is 1. The van der Waals surface area contributed by atoms with Gasteiger partial charge in [-0.05, 0) is 52.5 Å². The molecule has 0 radical (unpaired) electrons. The number of ketones is 2. The third-order valence-electron chi connectivity index (χ3n) is 6.99. The van der Waals surface area contributed by atoms with E-state index in [1.807, 2.05) is 77.1 Å². The normalized spacial score (nSPS) is 20.1. The van der Waals surface area contributed by atoms with Crippen molar-refractivity contribution in [2.24, 2.45) is 11.3 Å². The summed E-state index contributed by atoms with van der Waals surface area (Å²) in [6.45, 7) is 11.4. The van der Waals surface area contributed by atoms with Crippen LogP contribution in [0.5, 0.6) is 0 Å². The maximum Gasteiger partial charge on any atom is 0.311 e. The summed E-state index contributed by atoms with van der Waals surface area (Å²) in [5.74, 6) is -2.40. The number of carbonyl (C=O) groups excluding carboxylic acids is 3. The Kier molecular flexibility index (Phi) is 7.99. The number of esters is 1. The summed E-state index contributed by atoms with van der Waals surface area (Å²) < 4.78 is 5.83. The molecule has 1 aromatic carbocycles. The Bertz CT molecular complexity index is 1120. The summed E-state index contributed by atoms with van der Waals surface area (Å²) in [5, 5.41) is 11.5. The fourth-order valence-electron chi connectivity index (χ4n) is 4.69. The molecule has 0 bridgehead atoms. The van der Waals surface area contributed by atoms with Crippen molar-refractivity contribution in [3.8, 4) is 0 Å². The van der Waals surface area contributed by atoms with Crippen LogP contribution < -0.4 is 0 Å². The van der Waals surface area contributed by atoms with Gasteiger partial charge in [-0.15, -0.1) is 0 Å². The molecule has 1 N–H and O–H groups in total. The first kappa shape index (κ1) is 26.4. The van der Waals surface area contributed by atoms with Crippen molar-refractivity contribution in [3.63, 3.8) is 0 Å². The van der Waals surface area contributed by atoms with E-state index < -0.39 is 29.0 Å². The van der Waals surface area contributed by atoms with Crippen molar-refractivity contribution < 1.29 is 24.2 Å². The van der Waals surface area contributed by atoms with E-state index in [0.29, 0.717) is 12.0 Å². The van der Waals surface area contributed by atoms with Crippen LogP contribution in [0.4, 0.5) is 0 Å². The molecule has 1 aliphatic heterocycles. The van der Waals surface area contributed by atoms with E-state index in [0.717, 1.165) is 16.7 Å². The lowest BCUT2D eigenvalue weighted by atomic mass is 9.63. The summed E-state index contributed by atoms with van der Waals surface area (Å²) >= 11 is 0. The second kappa shape index (κ2) is 10.6. The Morgan fingerprint density at radius 2 is 1.66 bits per heavy atom. The number of Topliss-reactive ketones (excluding diaryl/α,β-unsaturated/α-hetero) is 2. The third kappa shape index (κ3) is 5.09. The number of benzene rings is 1. The third-order valence-corrected chi connectivity index (χ3v) is 6.99. The summed E-state index contributed by atoms with van der Waals surface area (Å²) in [4.78, 5) is 40.6. The van der Waals surface area contributed by atoms with Gasteiger partial charge in [0.05, 0.1) is 11.8 Å². The lowest BCUT2D eigenvalue weighted by molar-refractivity contribution is -0.145. The second-order valence-electron chi connectivity index (χ2n) is 10.2. The molecule has 1 aromatic rings. The topological polar surface area (TPSA) is 80.7 Å². The molecule has 5 heteroatoms. The van der Waals surface area contributed by atoms with Crippen LogP contribution in [0.25, 0.3) is 0 Å². The molecule has 2 aliphatic rings. The van der Waals surface area contributed by atoms with Crippen LogP contribution in [0.3, 0.4) is 0 Å². The lowest BCUT2D eigenvalue weighted by Gasteiger charge is -2.42. The molecule has 186 valence electrons. The Morgan fingerprint density at radius 1 is 1.09 bits per heavy atom. The van der Waals surface area contributed by atoms with Crippen LogP contribution in [0.15, 0.2) is 76.3 Å².